The molecule has 0 N–H and O–H groups in total. The molecule has 0 aliphatic carbocycles. The minimum atomic E-state index is -3.82. The van der Waals surface area contributed by atoms with Gasteiger partial charge < -0.3 is 4.42 Å². The minimum absolute atomic E-state index is 0.0315. The van der Waals surface area contributed by atoms with E-state index in [0.29, 0.717) is 11.0 Å². The van der Waals surface area contributed by atoms with Gasteiger partial charge in [-0.2, -0.15) is 8.61 Å². The van der Waals surface area contributed by atoms with Crippen molar-refractivity contribution >= 4 is 31.0 Å². The molecule has 4 rings (SSSR count). The van der Waals surface area contributed by atoms with E-state index >= 15 is 0 Å². The number of pyridine rings is 1. The SMILES string of the molecule is O=c1ccc2cc(S(=O)(=O)N3CCN(S(=O)(=O)c4cccnc4)CC3)ccc2o1. The van der Waals surface area contributed by atoms with Crippen LogP contribution < -0.4 is 5.63 Å². The summed E-state index contributed by atoms with van der Waals surface area (Å²) in [6.45, 7) is 0.144. The first-order chi connectivity index (χ1) is 13.8. The summed E-state index contributed by atoms with van der Waals surface area (Å²) in [5.41, 5.74) is -0.220. The predicted octanol–water partition coefficient (Wildman–Crippen LogP) is 0.883. The Labute approximate surface area is 167 Å². The maximum absolute atomic E-state index is 13.0. The normalized spacial score (nSPS) is 16.8. The number of benzene rings is 1. The third kappa shape index (κ3) is 3.69. The third-order valence-electron chi connectivity index (χ3n) is 4.70. The Morgan fingerprint density at radius 3 is 2.10 bits per heavy atom. The Hall–Kier alpha value is -2.60. The number of hydrogen-bond acceptors (Lipinski definition) is 7. The molecule has 0 radical (unpaired) electrons. The highest BCUT2D eigenvalue weighted by Crippen LogP contribution is 2.24. The Morgan fingerprint density at radius 1 is 0.828 bits per heavy atom. The van der Waals surface area contributed by atoms with Crippen LogP contribution in [0.5, 0.6) is 0 Å². The molecule has 0 amide bonds. The predicted molar refractivity (Wildman–Crippen MR) is 104 cm³/mol. The van der Waals surface area contributed by atoms with E-state index in [4.69, 9.17) is 4.42 Å². The minimum Gasteiger partial charge on any atom is -0.423 e. The van der Waals surface area contributed by atoms with Crippen molar-refractivity contribution in [3.63, 3.8) is 0 Å². The molecule has 1 aliphatic rings. The second kappa shape index (κ2) is 7.34. The molecule has 0 bridgehead atoms. The van der Waals surface area contributed by atoms with Crippen LogP contribution in [-0.4, -0.2) is 56.6 Å². The van der Waals surface area contributed by atoms with Crippen LogP contribution in [0.1, 0.15) is 0 Å². The standard InChI is InChI=1S/C18H17N3O6S2/c22-18-6-3-14-12-15(4-5-17(14)27-18)28(23,24)20-8-10-21(11-9-20)29(25,26)16-2-1-7-19-13-16/h1-7,12-13H,8-11H2. The average molecular weight is 435 g/mol. The lowest BCUT2D eigenvalue weighted by molar-refractivity contribution is 0.273. The molecule has 1 aromatic carbocycles. The third-order valence-corrected chi connectivity index (χ3v) is 8.48. The highest BCUT2D eigenvalue weighted by molar-refractivity contribution is 7.89. The largest absolute Gasteiger partial charge is 0.423 e. The van der Waals surface area contributed by atoms with Crippen LogP contribution >= 0.6 is 0 Å². The Bertz CT molecular complexity index is 1310. The molecular weight excluding hydrogens is 418 g/mol. The van der Waals surface area contributed by atoms with E-state index in [2.05, 4.69) is 4.98 Å². The molecule has 1 saturated heterocycles. The maximum atomic E-state index is 13.0. The van der Waals surface area contributed by atoms with Crippen molar-refractivity contribution in [1.29, 1.82) is 0 Å². The van der Waals surface area contributed by atoms with Gasteiger partial charge in [-0.25, -0.2) is 21.6 Å². The van der Waals surface area contributed by atoms with Crippen LogP contribution in [-0.2, 0) is 20.0 Å². The van der Waals surface area contributed by atoms with Gasteiger partial charge in [0.2, 0.25) is 20.0 Å². The molecule has 0 spiro atoms. The highest BCUT2D eigenvalue weighted by atomic mass is 32.2. The summed E-state index contributed by atoms with van der Waals surface area (Å²) in [5.74, 6) is 0. The molecule has 0 saturated carbocycles. The van der Waals surface area contributed by atoms with Gasteiger partial charge in [0, 0.05) is 50.0 Å². The summed E-state index contributed by atoms with van der Waals surface area (Å²) in [5, 5.41) is 0.489. The molecular formula is C18H17N3O6S2. The van der Waals surface area contributed by atoms with Gasteiger partial charge in [0.05, 0.1) is 4.90 Å². The second-order valence-corrected chi connectivity index (χ2v) is 10.3. The number of rotatable bonds is 4. The smallest absolute Gasteiger partial charge is 0.336 e. The average Bonchev–Trinajstić information content (AvgIpc) is 2.74. The Morgan fingerprint density at radius 2 is 1.48 bits per heavy atom. The molecule has 9 nitrogen and oxygen atoms in total. The molecule has 1 fully saturated rings. The topological polar surface area (TPSA) is 118 Å². The molecule has 1 aliphatic heterocycles. The van der Waals surface area contributed by atoms with Gasteiger partial charge in [0.25, 0.3) is 0 Å². The van der Waals surface area contributed by atoms with Crippen molar-refractivity contribution in [2.24, 2.45) is 0 Å². The summed E-state index contributed by atoms with van der Waals surface area (Å²) < 4.78 is 58.8. The van der Waals surface area contributed by atoms with E-state index < -0.39 is 25.7 Å². The number of hydrogen-bond donors (Lipinski definition) is 0. The fourth-order valence-corrected chi connectivity index (χ4v) is 6.00. The first-order valence-corrected chi connectivity index (χ1v) is 11.6. The van der Waals surface area contributed by atoms with Crippen LogP contribution in [0.15, 0.2) is 73.9 Å². The summed E-state index contributed by atoms with van der Waals surface area (Å²) in [7, 11) is -7.54. The van der Waals surface area contributed by atoms with Crippen LogP contribution in [0, 0.1) is 0 Å². The zero-order valence-corrected chi connectivity index (χ0v) is 16.8. The second-order valence-electron chi connectivity index (χ2n) is 6.45. The maximum Gasteiger partial charge on any atom is 0.336 e. The van der Waals surface area contributed by atoms with Gasteiger partial charge >= 0.3 is 5.63 Å². The Balaban J connectivity index is 1.55. The van der Waals surface area contributed by atoms with E-state index in [9.17, 15) is 21.6 Å². The first-order valence-electron chi connectivity index (χ1n) is 8.73. The van der Waals surface area contributed by atoms with Crippen molar-refractivity contribution in [2.75, 3.05) is 26.2 Å². The molecule has 3 aromatic rings. The molecule has 11 heteroatoms. The number of piperazine rings is 1. The zero-order chi connectivity index (χ0) is 20.6. The molecule has 29 heavy (non-hydrogen) atoms. The summed E-state index contributed by atoms with van der Waals surface area (Å²) in [4.78, 5) is 15.2. The first kappa shape index (κ1) is 19.7. The van der Waals surface area contributed by atoms with E-state index in [-0.39, 0.29) is 36.0 Å². The van der Waals surface area contributed by atoms with Crippen LogP contribution in [0.3, 0.4) is 0 Å². The lowest BCUT2D eigenvalue weighted by atomic mass is 10.2. The van der Waals surface area contributed by atoms with E-state index in [0.717, 1.165) is 0 Å². The monoisotopic (exact) mass is 435 g/mol. The molecule has 2 aromatic heterocycles. The summed E-state index contributed by atoms with van der Waals surface area (Å²) >= 11 is 0. The van der Waals surface area contributed by atoms with Crippen molar-refractivity contribution in [3.8, 4) is 0 Å². The van der Waals surface area contributed by atoms with E-state index in [1.807, 2.05) is 0 Å². The molecule has 0 atom stereocenters. The van der Waals surface area contributed by atoms with Gasteiger partial charge in [-0.05, 0) is 36.4 Å². The van der Waals surface area contributed by atoms with Crippen molar-refractivity contribution < 1.29 is 21.3 Å². The van der Waals surface area contributed by atoms with Crippen LogP contribution in [0.4, 0.5) is 0 Å². The lowest BCUT2D eigenvalue weighted by Crippen LogP contribution is -2.50. The summed E-state index contributed by atoms with van der Waals surface area (Å²) in [6, 6.07) is 9.96. The quantitative estimate of drug-likeness (QED) is 0.558. The lowest BCUT2D eigenvalue weighted by Gasteiger charge is -2.33. The van der Waals surface area contributed by atoms with Gasteiger partial charge in [0.15, 0.2) is 0 Å². The highest BCUT2D eigenvalue weighted by Gasteiger charge is 2.33. The van der Waals surface area contributed by atoms with Gasteiger partial charge in [-0.3, -0.25) is 4.98 Å². The zero-order valence-electron chi connectivity index (χ0n) is 15.1. The van der Waals surface area contributed by atoms with Crippen LogP contribution in [0.25, 0.3) is 11.0 Å². The van der Waals surface area contributed by atoms with Crippen molar-refractivity contribution in [1.82, 2.24) is 13.6 Å². The number of fused-ring (bicyclic) bond motifs is 1. The fraction of sp³-hybridized carbons (Fsp3) is 0.222. The summed E-state index contributed by atoms with van der Waals surface area (Å²) in [6.07, 6.45) is 2.75. The van der Waals surface area contributed by atoms with E-state index in [1.54, 1.807) is 0 Å². The number of aromatic nitrogens is 1. The number of nitrogens with zero attached hydrogens (tertiary/aromatic N) is 3. The van der Waals surface area contributed by atoms with Gasteiger partial charge in [0.1, 0.15) is 10.5 Å². The van der Waals surface area contributed by atoms with E-state index in [1.165, 1.54) is 63.5 Å². The van der Waals surface area contributed by atoms with Gasteiger partial charge in [-0.15, -0.1) is 0 Å². The van der Waals surface area contributed by atoms with Crippen LogP contribution in [0.2, 0.25) is 0 Å². The molecule has 0 unspecified atom stereocenters. The molecule has 3 heterocycles. The Kier molecular flexibility index (Phi) is 4.99. The van der Waals surface area contributed by atoms with Crippen molar-refractivity contribution in [2.45, 2.75) is 9.79 Å². The van der Waals surface area contributed by atoms with Crippen molar-refractivity contribution in [3.05, 3.63) is 65.3 Å². The van der Waals surface area contributed by atoms with Gasteiger partial charge in [-0.1, -0.05) is 0 Å². The molecule has 152 valence electrons. The fourth-order valence-electron chi connectivity index (χ4n) is 3.16. The number of sulfonamides is 2.